The number of esters is 1. The lowest BCUT2D eigenvalue weighted by atomic mass is 9.77. The molecule has 2 fully saturated rings. The molecule has 2 aromatic carbocycles. The van der Waals surface area contributed by atoms with Crippen LogP contribution in [0, 0.1) is 24.7 Å². The van der Waals surface area contributed by atoms with Gasteiger partial charge in [0.05, 0.1) is 13.2 Å². The Bertz CT molecular complexity index is 1180. The minimum atomic E-state index is -0.814. The molecule has 1 N–H and O–H groups in total. The van der Waals surface area contributed by atoms with Gasteiger partial charge in [-0.15, -0.1) is 0 Å². The van der Waals surface area contributed by atoms with Crippen molar-refractivity contribution in [1.82, 2.24) is 4.90 Å². The molecule has 0 bridgehead atoms. The third-order valence-corrected chi connectivity index (χ3v) is 7.40. The lowest BCUT2D eigenvalue weighted by Crippen LogP contribution is -2.31. The number of likely N-dealkylation sites (tertiary alicyclic amines) is 1. The predicted molar refractivity (Wildman–Crippen MR) is 132 cm³/mol. The van der Waals surface area contributed by atoms with Gasteiger partial charge in [-0.3, -0.25) is 0 Å². The fourth-order valence-corrected chi connectivity index (χ4v) is 5.42. The molecule has 1 saturated carbocycles. The van der Waals surface area contributed by atoms with Crippen molar-refractivity contribution in [2.75, 3.05) is 20.2 Å². The number of rotatable bonds is 5. The molecular weight excluding hydrogens is 462 g/mol. The van der Waals surface area contributed by atoms with Crippen molar-refractivity contribution < 1.29 is 33.6 Å². The van der Waals surface area contributed by atoms with Crippen LogP contribution in [-0.2, 0) is 11.3 Å². The standard InChI is InChI=1S/C28H33NO7/c1-15(2)9-21(30)20-7-8-22-24(26(20)33-4)27(31)34-14-19-10-16(3)11-23(25(19)35-22)36-28(32)29-12-17-5-6-18(17)13-29/h7-8,10-11,15,17-18,21,30H,5-6,9,12-14H2,1-4H3/t17?,18?,21-/m0/s1. The number of cyclic esters (lactones) is 1. The normalized spacial score (nSPS) is 21.2. The Morgan fingerprint density at radius 3 is 2.56 bits per heavy atom. The largest absolute Gasteiger partial charge is 0.495 e. The molecule has 2 aliphatic heterocycles. The second kappa shape index (κ2) is 9.65. The molecule has 3 atom stereocenters. The maximum atomic E-state index is 13.1. The van der Waals surface area contributed by atoms with E-state index in [0.717, 1.165) is 31.5 Å². The fraction of sp³-hybridized carbons (Fsp3) is 0.500. The summed E-state index contributed by atoms with van der Waals surface area (Å²) >= 11 is 0. The van der Waals surface area contributed by atoms with E-state index in [4.69, 9.17) is 18.9 Å². The van der Waals surface area contributed by atoms with Crippen LogP contribution in [0.25, 0.3) is 0 Å². The Kier molecular flexibility index (Phi) is 6.55. The van der Waals surface area contributed by atoms with Crippen LogP contribution in [0.3, 0.4) is 0 Å². The first-order valence-electron chi connectivity index (χ1n) is 12.6. The minimum Gasteiger partial charge on any atom is -0.495 e. The number of methoxy groups -OCH3 is 1. The predicted octanol–water partition coefficient (Wildman–Crippen LogP) is 5.39. The number of carbonyl (C=O) groups excluding carboxylic acids is 2. The molecule has 192 valence electrons. The maximum Gasteiger partial charge on any atom is 0.415 e. The lowest BCUT2D eigenvalue weighted by molar-refractivity contribution is 0.0453. The summed E-state index contributed by atoms with van der Waals surface area (Å²) in [4.78, 5) is 27.8. The highest BCUT2D eigenvalue weighted by Gasteiger charge is 2.42. The molecule has 2 heterocycles. The first-order valence-corrected chi connectivity index (χ1v) is 12.6. The zero-order chi connectivity index (χ0) is 25.6. The first kappa shape index (κ1) is 24.4. The van der Waals surface area contributed by atoms with E-state index in [9.17, 15) is 14.7 Å². The van der Waals surface area contributed by atoms with Crippen molar-refractivity contribution in [3.8, 4) is 23.0 Å². The van der Waals surface area contributed by atoms with Gasteiger partial charge < -0.3 is 29.0 Å². The number of hydrogen-bond acceptors (Lipinski definition) is 7. The topological polar surface area (TPSA) is 94.5 Å². The van der Waals surface area contributed by atoms with Crippen molar-refractivity contribution in [1.29, 1.82) is 0 Å². The molecule has 1 amide bonds. The van der Waals surface area contributed by atoms with Gasteiger partial charge in [-0.2, -0.15) is 0 Å². The smallest absolute Gasteiger partial charge is 0.415 e. The molecule has 0 radical (unpaired) electrons. The third kappa shape index (κ3) is 4.50. The van der Waals surface area contributed by atoms with E-state index in [1.54, 1.807) is 23.1 Å². The zero-order valence-corrected chi connectivity index (χ0v) is 21.2. The molecule has 36 heavy (non-hydrogen) atoms. The van der Waals surface area contributed by atoms with Crippen molar-refractivity contribution in [3.63, 3.8) is 0 Å². The van der Waals surface area contributed by atoms with Gasteiger partial charge in [-0.05, 0) is 73.8 Å². The summed E-state index contributed by atoms with van der Waals surface area (Å²) in [7, 11) is 1.45. The number of aliphatic hydroxyl groups is 1. The van der Waals surface area contributed by atoms with Crippen LogP contribution in [0.1, 0.15) is 66.3 Å². The molecule has 8 heteroatoms. The van der Waals surface area contributed by atoms with Crippen molar-refractivity contribution in [3.05, 3.63) is 46.5 Å². The number of fused-ring (bicyclic) bond motifs is 3. The van der Waals surface area contributed by atoms with Gasteiger partial charge in [0.15, 0.2) is 11.5 Å². The van der Waals surface area contributed by atoms with Gasteiger partial charge in [0.2, 0.25) is 0 Å². The summed E-state index contributed by atoms with van der Waals surface area (Å²) in [5.74, 6) is 1.80. The third-order valence-electron chi connectivity index (χ3n) is 7.40. The summed E-state index contributed by atoms with van der Waals surface area (Å²) in [5, 5.41) is 10.8. The molecule has 2 aromatic rings. The van der Waals surface area contributed by atoms with Crippen LogP contribution in [0.2, 0.25) is 0 Å². The number of ether oxygens (including phenoxy) is 4. The molecule has 0 aromatic heterocycles. The summed E-state index contributed by atoms with van der Waals surface area (Å²) in [6.07, 6.45) is 1.62. The second-order valence-corrected chi connectivity index (χ2v) is 10.5. The molecule has 3 aliphatic rings. The second-order valence-electron chi connectivity index (χ2n) is 10.5. The van der Waals surface area contributed by atoms with Crippen molar-refractivity contribution in [2.45, 2.75) is 52.7 Å². The van der Waals surface area contributed by atoms with Gasteiger partial charge in [-0.25, -0.2) is 9.59 Å². The Morgan fingerprint density at radius 2 is 1.92 bits per heavy atom. The van der Waals surface area contributed by atoms with Crippen molar-refractivity contribution >= 4 is 12.1 Å². The van der Waals surface area contributed by atoms with Gasteiger partial charge >= 0.3 is 12.1 Å². The number of aliphatic hydroxyl groups excluding tert-OH is 1. The SMILES string of the molecule is COc1c([C@@H](O)CC(C)C)ccc2c1C(=O)OCc1cc(C)cc(OC(=O)N3CC4CCC4C3)c1O2. The van der Waals surface area contributed by atoms with Crippen LogP contribution in [0.15, 0.2) is 24.3 Å². The van der Waals surface area contributed by atoms with E-state index in [1.165, 1.54) is 7.11 Å². The lowest BCUT2D eigenvalue weighted by Gasteiger charge is -2.27. The van der Waals surface area contributed by atoms with E-state index < -0.39 is 18.2 Å². The van der Waals surface area contributed by atoms with Gasteiger partial charge in [0.25, 0.3) is 0 Å². The molecule has 5 rings (SSSR count). The van der Waals surface area contributed by atoms with Crippen LogP contribution >= 0.6 is 0 Å². The number of carbonyl (C=O) groups is 2. The van der Waals surface area contributed by atoms with Crippen LogP contribution in [0.4, 0.5) is 4.79 Å². The van der Waals surface area contributed by atoms with Gasteiger partial charge in [-0.1, -0.05) is 13.8 Å². The maximum absolute atomic E-state index is 13.1. The molecule has 2 unspecified atom stereocenters. The highest BCUT2D eigenvalue weighted by Crippen LogP contribution is 2.45. The quantitative estimate of drug-likeness (QED) is 0.556. The molecule has 0 spiro atoms. The Labute approximate surface area is 211 Å². The number of hydrogen-bond donors (Lipinski definition) is 1. The summed E-state index contributed by atoms with van der Waals surface area (Å²) in [6.45, 7) is 7.28. The van der Waals surface area contributed by atoms with E-state index >= 15 is 0 Å². The van der Waals surface area contributed by atoms with Gasteiger partial charge in [0, 0.05) is 24.2 Å². The summed E-state index contributed by atoms with van der Waals surface area (Å²) in [6, 6.07) is 6.91. The summed E-state index contributed by atoms with van der Waals surface area (Å²) in [5.41, 5.74) is 2.03. The number of nitrogens with zero attached hydrogens (tertiary/aromatic N) is 1. The van der Waals surface area contributed by atoms with E-state index in [1.807, 2.05) is 26.8 Å². The van der Waals surface area contributed by atoms with E-state index in [0.29, 0.717) is 35.1 Å². The number of aryl methyl sites for hydroxylation is 1. The summed E-state index contributed by atoms with van der Waals surface area (Å²) < 4.78 is 23.3. The molecular formula is C28H33NO7. The number of benzene rings is 2. The molecule has 1 aliphatic carbocycles. The minimum absolute atomic E-state index is 0.0599. The van der Waals surface area contributed by atoms with Crippen molar-refractivity contribution in [2.24, 2.45) is 17.8 Å². The monoisotopic (exact) mass is 495 g/mol. The Hall–Kier alpha value is -3.26. The van der Waals surface area contributed by atoms with E-state index in [-0.39, 0.29) is 35.3 Å². The van der Waals surface area contributed by atoms with Crippen LogP contribution in [-0.4, -0.2) is 42.3 Å². The average Bonchev–Trinajstić information content (AvgIpc) is 3.11. The van der Waals surface area contributed by atoms with Crippen LogP contribution < -0.4 is 14.2 Å². The highest BCUT2D eigenvalue weighted by atomic mass is 16.6. The first-order chi connectivity index (χ1) is 17.2. The molecule has 1 saturated heterocycles. The zero-order valence-electron chi connectivity index (χ0n) is 21.2. The highest BCUT2D eigenvalue weighted by molar-refractivity contribution is 5.96. The Morgan fingerprint density at radius 1 is 1.19 bits per heavy atom. The number of amides is 1. The molecule has 8 nitrogen and oxygen atoms in total. The van der Waals surface area contributed by atoms with Gasteiger partial charge in [0.1, 0.15) is 23.7 Å². The van der Waals surface area contributed by atoms with E-state index in [2.05, 4.69) is 0 Å². The fourth-order valence-electron chi connectivity index (χ4n) is 5.42. The average molecular weight is 496 g/mol. The Balaban J connectivity index is 1.50. The van der Waals surface area contributed by atoms with Crippen LogP contribution in [0.5, 0.6) is 23.0 Å².